The fourth-order valence-corrected chi connectivity index (χ4v) is 3.32. The average Bonchev–Trinajstić information content (AvgIpc) is 2.75. The van der Waals surface area contributed by atoms with Gasteiger partial charge >= 0.3 is 12.1 Å². The van der Waals surface area contributed by atoms with Gasteiger partial charge in [-0.1, -0.05) is 109 Å². The van der Waals surface area contributed by atoms with Gasteiger partial charge in [-0.2, -0.15) is 0 Å². The van der Waals surface area contributed by atoms with Crippen LogP contribution < -0.4 is 0 Å². The van der Waals surface area contributed by atoms with Crippen molar-refractivity contribution in [2.45, 2.75) is 116 Å². The molecule has 0 heterocycles. The standard InChI is InChI=1S/C25H47NO4/c1-5-7-8-9-10-11-12-13-14-15-16-17-18-19-20-22-29-24(27)23(3)26(4)25(28)30-21-6-2/h6,23H,2,5,7-22H2,1,3-4H3. The van der Waals surface area contributed by atoms with Gasteiger partial charge in [0.15, 0.2) is 0 Å². The third kappa shape index (κ3) is 16.3. The topological polar surface area (TPSA) is 55.8 Å². The molecule has 0 spiro atoms. The van der Waals surface area contributed by atoms with Crippen LogP contribution in [0.25, 0.3) is 0 Å². The molecule has 0 rings (SSSR count). The molecule has 0 saturated heterocycles. The summed E-state index contributed by atoms with van der Waals surface area (Å²) in [4.78, 5) is 25.0. The van der Waals surface area contributed by atoms with Crippen LogP contribution >= 0.6 is 0 Å². The molecule has 1 unspecified atom stereocenters. The van der Waals surface area contributed by atoms with Crippen molar-refractivity contribution in [2.24, 2.45) is 0 Å². The molecule has 5 nitrogen and oxygen atoms in total. The van der Waals surface area contributed by atoms with Crippen molar-refractivity contribution >= 4 is 12.1 Å². The van der Waals surface area contributed by atoms with E-state index in [1.807, 2.05) is 0 Å². The minimum atomic E-state index is -0.654. The van der Waals surface area contributed by atoms with E-state index in [0.717, 1.165) is 12.8 Å². The number of rotatable bonds is 20. The number of unbranched alkanes of at least 4 members (excludes halogenated alkanes) is 14. The summed E-state index contributed by atoms with van der Waals surface area (Å²) >= 11 is 0. The third-order valence-electron chi connectivity index (χ3n) is 5.53. The zero-order valence-electron chi connectivity index (χ0n) is 20.0. The molecule has 0 saturated carbocycles. The van der Waals surface area contributed by atoms with Crippen LogP contribution in [0.4, 0.5) is 4.79 Å². The highest BCUT2D eigenvalue weighted by atomic mass is 16.6. The number of likely N-dealkylation sites (N-methyl/N-ethyl adjacent to an activating group) is 1. The van der Waals surface area contributed by atoms with Gasteiger partial charge in [0.1, 0.15) is 12.6 Å². The lowest BCUT2D eigenvalue weighted by molar-refractivity contribution is -0.148. The van der Waals surface area contributed by atoms with Gasteiger partial charge in [0.2, 0.25) is 0 Å². The fourth-order valence-electron chi connectivity index (χ4n) is 3.32. The van der Waals surface area contributed by atoms with Gasteiger partial charge in [0.05, 0.1) is 6.61 Å². The molecule has 0 aliphatic rings. The van der Waals surface area contributed by atoms with Crippen LogP contribution in [0.2, 0.25) is 0 Å². The second-order valence-electron chi connectivity index (χ2n) is 8.27. The largest absolute Gasteiger partial charge is 0.464 e. The van der Waals surface area contributed by atoms with E-state index in [0.29, 0.717) is 6.61 Å². The van der Waals surface area contributed by atoms with Crippen molar-refractivity contribution in [1.29, 1.82) is 0 Å². The molecule has 5 heteroatoms. The second-order valence-corrected chi connectivity index (χ2v) is 8.27. The number of ether oxygens (including phenoxy) is 2. The first-order valence-corrected chi connectivity index (χ1v) is 12.2. The SMILES string of the molecule is C=CCOC(=O)N(C)C(C)C(=O)OCCCCCCCCCCCCCCCCC. The lowest BCUT2D eigenvalue weighted by atomic mass is 10.0. The number of hydrogen-bond acceptors (Lipinski definition) is 4. The molecule has 0 bridgehead atoms. The maximum absolute atomic E-state index is 12.0. The monoisotopic (exact) mass is 425 g/mol. The van der Waals surface area contributed by atoms with Crippen molar-refractivity contribution in [3.63, 3.8) is 0 Å². The van der Waals surface area contributed by atoms with Crippen LogP contribution in [-0.4, -0.2) is 43.3 Å². The van der Waals surface area contributed by atoms with Gasteiger partial charge in [0.25, 0.3) is 0 Å². The summed E-state index contributed by atoms with van der Waals surface area (Å²) in [5.41, 5.74) is 0. The molecule has 1 amide bonds. The molecule has 0 aliphatic carbocycles. The van der Waals surface area contributed by atoms with E-state index >= 15 is 0 Å². The summed E-state index contributed by atoms with van der Waals surface area (Å²) in [5.74, 6) is -0.390. The van der Waals surface area contributed by atoms with E-state index in [2.05, 4.69) is 13.5 Å². The molecule has 0 aromatic heterocycles. The number of amides is 1. The van der Waals surface area contributed by atoms with E-state index < -0.39 is 18.1 Å². The van der Waals surface area contributed by atoms with Crippen LogP contribution in [0.1, 0.15) is 110 Å². The Hall–Kier alpha value is -1.52. The highest BCUT2D eigenvalue weighted by Crippen LogP contribution is 2.13. The molecular formula is C25H47NO4. The minimum absolute atomic E-state index is 0.129. The quantitative estimate of drug-likeness (QED) is 0.119. The Kier molecular flexibility index (Phi) is 19.7. The first-order valence-electron chi connectivity index (χ1n) is 12.2. The van der Waals surface area contributed by atoms with Gasteiger partial charge < -0.3 is 9.47 Å². The molecule has 0 aromatic carbocycles. The summed E-state index contributed by atoms with van der Waals surface area (Å²) in [7, 11) is 1.53. The second kappa shape index (κ2) is 20.7. The van der Waals surface area contributed by atoms with E-state index in [1.165, 1.54) is 101 Å². The third-order valence-corrected chi connectivity index (χ3v) is 5.53. The summed E-state index contributed by atoms with van der Waals surface area (Å²) in [6.07, 6.45) is 20.5. The Morgan fingerprint density at radius 3 is 1.67 bits per heavy atom. The van der Waals surface area contributed by atoms with Crippen molar-refractivity contribution in [3.8, 4) is 0 Å². The Balaban J connectivity index is 3.45. The molecule has 176 valence electrons. The Morgan fingerprint density at radius 1 is 0.800 bits per heavy atom. The Labute approximate surface area is 185 Å². The molecular weight excluding hydrogens is 378 g/mol. The minimum Gasteiger partial charge on any atom is -0.464 e. The van der Waals surface area contributed by atoms with Crippen molar-refractivity contribution < 1.29 is 19.1 Å². The molecule has 0 fully saturated rings. The fraction of sp³-hybridized carbons (Fsp3) is 0.840. The van der Waals surface area contributed by atoms with Crippen molar-refractivity contribution in [2.75, 3.05) is 20.3 Å². The number of carbonyl (C=O) groups excluding carboxylic acids is 2. The lowest BCUT2D eigenvalue weighted by Crippen LogP contribution is -2.41. The van der Waals surface area contributed by atoms with Crippen LogP contribution in [0.15, 0.2) is 12.7 Å². The Bertz CT molecular complexity index is 439. The molecule has 1 atom stereocenters. The summed E-state index contributed by atoms with van der Waals surface area (Å²) < 4.78 is 10.2. The van der Waals surface area contributed by atoms with Crippen molar-refractivity contribution in [3.05, 3.63) is 12.7 Å². The average molecular weight is 426 g/mol. The van der Waals surface area contributed by atoms with Gasteiger partial charge in [0, 0.05) is 7.05 Å². The Morgan fingerprint density at radius 2 is 1.23 bits per heavy atom. The van der Waals surface area contributed by atoms with Gasteiger partial charge in [-0.3, -0.25) is 4.90 Å². The first-order chi connectivity index (χ1) is 14.5. The number of nitrogens with zero attached hydrogens (tertiary/aromatic N) is 1. The van der Waals surface area contributed by atoms with Crippen LogP contribution in [0.3, 0.4) is 0 Å². The zero-order valence-corrected chi connectivity index (χ0v) is 20.0. The molecule has 0 aliphatic heterocycles. The summed E-state index contributed by atoms with van der Waals surface area (Å²) in [6.45, 7) is 7.94. The normalized spacial score (nSPS) is 11.7. The van der Waals surface area contributed by atoms with E-state index in [-0.39, 0.29) is 6.61 Å². The van der Waals surface area contributed by atoms with Gasteiger partial charge in [-0.25, -0.2) is 9.59 Å². The highest BCUT2D eigenvalue weighted by molar-refractivity contribution is 5.80. The molecule has 0 radical (unpaired) electrons. The van der Waals surface area contributed by atoms with Crippen LogP contribution in [0, 0.1) is 0 Å². The number of esters is 1. The van der Waals surface area contributed by atoms with Crippen LogP contribution in [-0.2, 0) is 14.3 Å². The number of hydrogen-bond donors (Lipinski definition) is 0. The van der Waals surface area contributed by atoms with E-state index in [1.54, 1.807) is 6.92 Å². The maximum atomic E-state index is 12.0. The molecule has 0 N–H and O–H groups in total. The van der Waals surface area contributed by atoms with Crippen LogP contribution in [0.5, 0.6) is 0 Å². The molecule has 0 aromatic rings. The van der Waals surface area contributed by atoms with Gasteiger partial charge in [-0.05, 0) is 13.3 Å². The van der Waals surface area contributed by atoms with E-state index in [4.69, 9.17) is 9.47 Å². The maximum Gasteiger partial charge on any atom is 0.410 e. The highest BCUT2D eigenvalue weighted by Gasteiger charge is 2.24. The van der Waals surface area contributed by atoms with Gasteiger partial charge in [-0.15, -0.1) is 0 Å². The first kappa shape index (κ1) is 28.5. The zero-order chi connectivity index (χ0) is 22.5. The number of carbonyl (C=O) groups is 2. The summed E-state index contributed by atoms with van der Waals surface area (Å²) in [6, 6.07) is -0.654. The van der Waals surface area contributed by atoms with E-state index in [9.17, 15) is 9.59 Å². The predicted octanol–water partition coefficient (Wildman–Crippen LogP) is 7.04. The van der Waals surface area contributed by atoms with Crippen molar-refractivity contribution in [1.82, 2.24) is 4.90 Å². The summed E-state index contributed by atoms with van der Waals surface area (Å²) in [5, 5.41) is 0. The lowest BCUT2D eigenvalue weighted by Gasteiger charge is -2.22. The smallest absolute Gasteiger partial charge is 0.410 e. The molecule has 30 heavy (non-hydrogen) atoms. The predicted molar refractivity (Wildman–Crippen MR) is 125 cm³/mol.